The van der Waals surface area contributed by atoms with Crippen LogP contribution in [-0.2, 0) is 6.54 Å². The summed E-state index contributed by atoms with van der Waals surface area (Å²) in [6, 6.07) is 15.1. The quantitative estimate of drug-likeness (QED) is 0.701. The molecule has 6 heteroatoms. The smallest absolute Gasteiger partial charge is 0.270 e. The molecule has 0 fully saturated rings. The largest absolute Gasteiger partial charge is 0.347 e. The van der Waals surface area contributed by atoms with Gasteiger partial charge in [0, 0.05) is 23.5 Å². The number of hydrogen-bond acceptors (Lipinski definition) is 4. The molecule has 1 aromatic heterocycles. The topological polar surface area (TPSA) is 66.9 Å². The maximum absolute atomic E-state index is 12.4. The Balaban J connectivity index is 1.69. The van der Waals surface area contributed by atoms with Crippen molar-refractivity contribution < 1.29 is 4.79 Å². The molecule has 0 atom stereocenters. The lowest BCUT2D eigenvalue weighted by molar-refractivity contribution is 0.0946. The Morgan fingerprint density at radius 3 is 2.62 bits per heavy atom. The second-order valence-corrected chi connectivity index (χ2v) is 6.38. The van der Waals surface area contributed by atoms with Crippen molar-refractivity contribution in [1.29, 1.82) is 0 Å². The van der Waals surface area contributed by atoms with Gasteiger partial charge in [0.15, 0.2) is 0 Å². The standard InChI is InChI=1S/C20H19ClN4O/c1-13-6-8-15(9-7-13)12-23-19(26)18-10-11-22-20(25-18)24-17-5-3-4-16(21)14(17)2/h3-11H,12H2,1-2H3,(H,23,26)(H,22,24,25). The number of nitrogens with one attached hydrogen (secondary N) is 2. The first-order chi connectivity index (χ1) is 12.5. The van der Waals surface area contributed by atoms with Gasteiger partial charge in [0.2, 0.25) is 5.95 Å². The van der Waals surface area contributed by atoms with E-state index in [-0.39, 0.29) is 5.91 Å². The van der Waals surface area contributed by atoms with E-state index in [1.54, 1.807) is 12.3 Å². The molecule has 2 aromatic carbocycles. The summed E-state index contributed by atoms with van der Waals surface area (Å²) in [5.41, 5.74) is 4.21. The number of rotatable bonds is 5. The molecule has 0 saturated carbocycles. The highest BCUT2D eigenvalue weighted by Gasteiger charge is 2.10. The number of aromatic nitrogens is 2. The Labute approximate surface area is 157 Å². The van der Waals surface area contributed by atoms with Crippen LogP contribution in [-0.4, -0.2) is 15.9 Å². The van der Waals surface area contributed by atoms with Gasteiger partial charge in [-0.1, -0.05) is 47.5 Å². The van der Waals surface area contributed by atoms with Crippen LogP contribution in [0.15, 0.2) is 54.7 Å². The Bertz CT molecular complexity index is 925. The van der Waals surface area contributed by atoms with Crippen molar-refractivity contribution in [2.45, 2.75) is 20.4 Å². The Morgan fingerprint density at radius 2 is 1.85 bits per heavy atom. The average Bonchev–Trinajstić information content (AvgIpc) is 2.65. The molecule has 3 rings (SSSR count). The highest BCUT2D eigenvalue weighted by atomic mass is 35.5. The molecule has 0 spiro atoms. The minimum atomic E-state index is -0.251. The van der Waals surface area contributed by atoms with E-state index in [9.17, 15) is 4.79 Å². The lowest BCUT2D eigenvalue weighted by atomic mass is 10.1. The lowest BCUT2D eigenvalue weighted by Gasteiger charge is -2.10. The van der Waals surface area contributed by atoms with Gasteiger partial charge in [-0.2, -0.15) is 0 Å². The number of carbonyl (C=O) groups is 1. The molecule has 0 aliphatic rings. The molecule has 132 valence electrons. The molecular weight excluding hydrogens is 348 g/mol. The number of carbonyl (C=O) groups excluding carboxylic acids is 1. The third kappa shape index (κ3) is 4.37. The normalized spacial score (nSPS) is 10.4. The molecule has 2 N–H and O–H groups in total. The zero-order chi connectivity index (χ0) is 18.5. The molecule has 1 heterocycles. The number of hydrogen-bond donors (Lipinski definition) is 2. The van der Waals surface area contributed by atoms with E-state index < -0.39 is 0 Å². The zero-order valence-corrected chi connectivity index (χ0v) is 15.3. The highest BCUT2D eigenvalue weighted by molar-refractivity contribution is 6.31. The summed E-state index contributed by atoms with van der Waals surface area (Å²) in [5, 5.41) is 6.62. The van der Waals surface area contributed by atoms with Crippen LogP contribution in [0, 0.1) is 13.8 Å². The number of amides is 1. The Morgan fingerprint density at radius 1 is 1.08 bits per heavy atom. The minimum absolute atomic E-state index is 0.251. The first-order valence-corrected chi connectivity index (χ1v) is 8.59. The van der Waals surface area contributed by atoms with Crippen molar-refractivity contribution >= 4 is 29.1 Å². The summed E-state index contributed by atoms with van der Waals surface area (Å²) in [4.78, 5) is 20.8. The predicted octanol–water partition coefficient (Wildman–Crippen LogP) is 4.42. The van der Waals surface area contributed by atoms with E-state index in [0.29, 0.717) is 23.2 Å². The number of benzene rings is 2. The third-order valence-electron chi connectivity index (χ3n) is 3.98. The Hall–Kier alpha value is -2.92. The number of anilines is 2. The molecule has 3 aromatic rings. The molecule has 0 radical (unpaired) electrons. The maximum Gasteiger partial charge on any atom is 0.270 e. The van der Waals surface area contributed by atoms with Crippen molar-refractivity contribution in [2.24, 2.45) is 0 Å². The van der Waals surface area contributed by atoms with Crippen molar-refractivity contribution in [3.63, 3.8) is 0 Å². The zero-order valence-electron chi connectivity index (χ0n) is 14.6. The van der Waals surface area contributed by atoms with Crippen LogP contribution < -0.4 is 10.6 Å². The van der Waals surface area contributed by atoms with E-state index in [2.05, 4.69) is 20.6 Å². The van der Waals surface area contributed by atoms with Gasteiger partial charge in [-0.25, -0.2) is 9.97 Å². The molecule has 5 nitrogen and oxygen atoms in total. The van der Waals surface area contributed by atoms with Crippen LogP contribution in [0.5, 0.6) is 0 Å². The van der Waals surface area contributed by atoms with Gasteiger partial charge in [0.05, 0.1) is 0 Å². The van der Waals surface area contributed by atoms with Crippen molar-refractivity contribution in [3.05, 3.63) is 82.1 Å². The third-order valence-corrected chi connectivity index (χ3v) is 4.39. The summed E-state index contributed by atoms with van der Waals surface area (Å²) < 4.78 is 0. The lowest BCUT2D eigenvalue weighted by Crippen LogP contribution is -2.24. The molecule has 0 bridgehead atoms. The first-order valence-electron chi connectivity index (χ1n) is 8.22. The maximum atomic E-state index is 12.4. The number of nitrogens with zero attached hydrogens (tertiary/aromatic N) is 2. The minimum Gasteiger partial charge on any atom is -0.347 e. The second kappa shape index (κ2) is 7.97. The molecule has 1 amide bonds. The van der Waals surface area contributed by atoms with Gasteiger partial charge in [-0.3, -0.25) is 4.79 Å². The van der Waals surface area contributed by atoms with Crippen molar-refractivity contribution in [3.8, 4) is 0 Å². The fourth-order valence-electron chi connectivity index (χ4n) is 2.39. The molecule has 26 heavy (non-hydrogen) atoms. The highest BCUT2D eigenvalue weighted by Crippen LogP contribution is 2.24. The molecule has 0 aliphatic carbocycles. The van der Waals surface area contributed by atoms with Crippen LogP contribution in [0.3, 0.4) is 0 Å². The Kier molecular flexibility index (Phi) is 5.49. The number of halogens is 1. The van der Waals surface area contributed by atoms with E-state index in [1.165, 1.54) is 5.56 Å². The van der Waals surface area contributed by atoms with Gasteiger partial charge >= 0.3 is 0 Å². The number of aryl methyl sites for hydroxylation is 1. The molecule has 0 unspecified atom stereocenters. The van der Waals surface area contributed by atoms with Crippen LogP contribution in [0.1, 0.15) is 27.2 Å². The van der Waals surface area contributed by atoms with Gasteiger partial charge in [-0.05, 0) is 43.2 Å². The fraction of sp³-hybridized carbons (Fsp3) is 0.150. The fourth-order valence-corrected chi connectivity index (χ4v) is 2.56. The summed E-state index contributed by atoms with van der Waals surface area (Å²) in [6.07, 6.45) is 1.55. The summed E-state index contributed by atoms with van der Waals surface area (Å²) in [7, 11) is 0. The molecule has 0 saturated heterocycles. The van der Waals surface area contributed by atoms with E-state index >= 15 is 0 Å². The van der Waals surface area contributed by atoms with E-state index in [1.807, 2.05) is 56.3 Å². The molecule has 0 aliphatic heterocycles. The summed E-state index contributed by atoms with van der Waals surface area (Å²) in [6.45, 7) is 4.38. The summed E-state index contributed by atoms with van der Waals surface area (Å²) in [5.74, 6) is 0.0946. The van der Waals surface area contributed by atoms with Crippen molar-refractivity contribution in [2.75, 3.05) is 5.32 Å². The van der Waals surface area contributed by atoms with Crippen LogP contribution >= 0.6 is 11.6 Å². The van der Waals surface area contributed by atoms with Gasteiger partial charge in [0.1, 0.15) is 5.69 Å². The van der Waals surface area contributed by atoms with Crippen LogP contribution in [0.25, 0.3) is 0 Å². The predicted molar refractivity (Wildman–Crippen MR) is 104 cm³/mol. The van der Waals surface area contributed by atoms with Crippen LogP contribution in [0.4, 0.5) is 11.6 Å². The monoisotopic (exact) mass is 366 g/mol. The first kappa shape index (κ1) is 17.9. The SMILES string of the molecule is Cc1ccc(CNC(=O)c2ccnc(Nc3cccc(Cl)c3C)n2)cc1. The van der Waals surface area contributed by atoms with E-state index in [4.69, 9.17) is 11.6 Å². The van der Waals surface area contributed by atoms with Gasteiger partial charge in [-0.15, -0.1) is 0 Å². The molecular formula is C20H19ClN4O. The summed E-state index contributed by atoms with van der Waals surface area (Å²) >= 11 is 6.13. The van der Waals surface area contributed by atoms with Gasteiger partial charge < -0.3 is 10.6 Å². The van der Waals surface area contributed by atoms with E-state index in [0.717, 1.165) is 16.8 Å². The second-order valence-electron chi connectivity index (χ2n) is 5.97. The van der Waals surface area contributed by atoms with Crippen LogP contribution in [0.2, 0.25) is 5.02 Å². The average molecular weight is 367 g/mol. The van der Waals surface area contributed by atoms with Gasteiger partial charge in [0.25, 0.3) is 5.91 Å². The van der Waals surface area contributed by atoms with Crippen molar-refractivity contribution in [1.82, 2.24) is 15.3 Å².